The lowest BCUT2D eigenvalue weighted by molar-refractivity contribution is -0.114. The molecule has 0 spiro atoms. The lowest BCUT2D eigenvalue weighted by Gasteiger charge is -2.28. The van der Waals surface area contributed by atoms with E-state index in [-0.39, 0.29) is 17.6 Å². The maximum absolute atomic E-state index is 13.5. The van der Waals surface area contributed by atoms with Gasteiger partial charge >= 0.3 is 0 Å². The van der Waals surface area contributed by atoms with Crippen molar-refractivity contribution in [3.8, 4) is 6.07 Å². The second-order valence-corrected chi connectivity index (χ2v) is 9.88. The third-order valence-electron chi connectivity index (χ3n) is 6.13. The Bertz CT molecular complexity index is 1450. The molecule has 0 fully saturated rings. The molecule has 4 rings (SSSR count). The van der Waals surface area contributed by atoms with Crippen LogP contribution >= 0.6 is 11.8 Å². The Morgan fingerprint density at radius 3 is 2.46 bits per heavy atom. The molecule has 7 nitrogen and oxygen atoms in total. The van der Waals surface area contributed by atoms with Gasteiger partial charge in [-0.1, -0.05) is 42.1 Å². The van der Waals surface area contributed by atoms with Gasteiger partial charge in [0.25, 0.3) is 5.91 Å². The molecule has 3 aromatic rings. The monoisotopic (exact) mass is 512 g/mol. The van der Waals surface area contributed by atoms with Gasteiger partial charge in [-0.05, 0) is 68.7 Å². The average Bonchev–Trinajstić information content (AvgIpc) is 3.40. The predicted octanol–water partition coefficient (Wildman–Crippen LogP) is 5.91. The number of anilines is 2. The van der Waals surface area contributed by atoms with E-state index in [4.69, 9.17) is 4.42 Å². The fourth-order valence-corrected chi connectivity index (χ4v) is 5.06. The molecule has 37 heavy (non-hydrogen) atoms. The first-order valence-electron chi connectivity index (χ1n) is 11.8. The van der Waals surface area contributed by atoms with E-state index in [2.05, 4.69) is 22.0 Å². The fraction of sp³-hybridized carbons (Fsp3) is 0.207. The molecule has 188 valence electrons. The number of hydrogen-bond acceptors (Lipinski definition) is 6. The number of nitrogens with one attached hydrogen (secondary N) is 3. The summed E-state index contributed by atoms with van der Waals surface area (Å²) < 4.78 is 5.67. The van der Waals surface area contributed by atoms with Crippen LogP contribution < -0.4 is 16.0 Å². The zero-order chi connectivity index (χ0) is 26.5. The molecule has 1 aliphatic rings. The third kappa shape index (κ3) is 5.79. The van der Waals surface area contributed by atoms with E-state index in [1.165, 1.54) is 18.0 Å². The van der Waals surface area contributed by atoms with E-state index in [1.807, 2.05) is 63.2 Å². The number of carbonyl (C=O) groups is 2. The van der Waals surface area contributed by atoms with E-state index in [0.29, 0.717) is 33.3 Å². The molecule has 1 aliphatic heterocycles. The third-order valence-corrected chi connectivity index (χ3v) is 7.14. The van der Waals surface area contributed by atoms with Gasteiger partial charge < -0.3 is 20.4 Å². The number of carbonyl (C=O) groups excluding carboxylic acids is 2. The van der Waals surface area contributed by atoms with Crippen LogP contribution in [0.3, 0.4) is 0 Å². The number of allylic oxidation sites excluding steroid dienone is 2. The number of aryl methyl sites for hydroxylation is 3. The smallest absolute Gasteiger partial charge is 0.254 e. The highest BCUT2D eigenvalue weighted by Gasteiger charge is 2.36. The van der Waals surface area contributed by atoms with Crippen molar-refractivity contribution in [2.75, 3.05) is 16.4 Å². The summed E-state index contributed by atoms with van der Waals surface area (Å²) in [5, 5.41) is 19.8. The first-order chi connectivity index (χ1) is 17.8. The second kappa shape index (κ2) is 11.2. The Morgan fingerprint density at radius 1 is 1.00 bits per heavy atom. The summed E-state index contributed by atoms with van der Waals surface area (Å²) in [6.45, 7) is 7.61. The number of nitriles is 1. The highest BCUT2D eigenvalue weighted by molar-refractivity contribution is 8.03. The lowest BCUT2D eigenvalue weighted by Crippen LogP contribution is -2.31. The predicted molar refractivity (Wildman–Crippen MR) is 147 cm³/mol. The van der Waals surface area contributed by atoms with Crippen LogP contribution in [0, 0.1) is 32.1 Å². The molecular formula is C29H28N4O3S. The number of hydrogen-bond donors (Lipinski definition) is 3. The van der Waals surface area contributed by atoms with E-state index in [0.717, 1.165) is 22.4 Å². The second-order valence-electron chi connectivity index (χ2n) is 8.89. The summed E-state index contributed by atoms with van der Waals surface area (Å²) in [4.78, 5) is 26.2. The first-order valence-corrected chi connectivity index (χ1v) is 12.8. The van der Waals surface area contributed by atoms with Crippen molar-refractivity contribution in [3.05, 3.63) is 105 Å². The first kappa shape index (κ1) is 25.9. The van der Waals surface area contributed by atoms with Crippen molar-refractivity contribution in [3.63, 3.8) is 0 Å². The van der Waals surface area contributed by atoms with E-state index < -0.39 is 5.92 Å². The summed E-state index contributed by atoms with van der Waals surface area (Å²) in [7, 11) is 0. The Hall–Kier alpha value is -4.22. The Balaban J connectivity index is 1.59. The lowest BCUT2D eigenvalue weighted by atomic mass is 9.85. The molecule has 0 aliphatic carbocycles. The SMILES string of the molecule is CC1=C(C(=O)Nc2ccccc2C)[C@@H](c2ccco2)C(C#N)=C(SCC(=O)Nc2cc(C)ccc2C)N1. The molecule has 0 bridgehead atoms. The summed E-state index contributed by atoms with van der Waals surface area (Å²) in [5.41, 5.74) is 5.69. The molecule has 2 heterocycles. The maximum Gasteiger partial charge on any atom is 0.254 e. The minimum atomic E-state index is -0.713. The number of nitrogens with zero attached hydrogens (tertiary/aromatic N) is 1. The van der Waals surface area contributed by atoms with E-state index >= 15 is 0 Å². The summed E-state index contributed by atoms with van der Waals surface area (Å²) in [6.07, 6.45) is 1.52. The summed E-state index contributed by atoms with van der Waals surface area (Å²) >= 11 is 1.22. The van der Waals surface area contributed by atoms with Gasteiger partial charge in [0.05, 0.1) is 40.2 Å². The normalized spacial score (nSPS) is 15.2. The Morgan fingerprint density at radius 2 is 1.76 bits per heavy atom. The number of benzene rings is 2. The number of rotatable bonds is 7. The van der Waals surface area contributed by atoms with Gasteiger partial charge in [-0.25, -0.2) is 0 Å². The van der Waals surface area contributed by atoms with Crippen LogP contribution in [-0.2, 0) is 9.59 Å². The van der Waals surface area contributed by atoms with Crippen molar-refractivity contribution in [1.82, 2.24) is 5.32 Å². The molecule has 0 radical (unpaired) electrons. The van der Waals surface area contributed by atoms with Gasteiger partial charge in [-0.3, -0.25) is 9.59 Å². The van der Waals surface area contributed by atoms with Crippen molar-refractivity contribution < 1.29 is 14.0 Å². The quantitative estimate of drug-likeness (QED) is 0.363. The number of amides is 2. The largest absolute Gasteiger partial charge is 0.468 e. The highest BCUT2D eigenvalue weighted by atomic mass is 32.2. The molecule has 3 N–H and O–H groups in total. The topological polar surface area (TPSA) is 107 Å². The van der Waals surface area contributed by atoms with Gasteiger partial charge in [-0.15, -0.1) is 0 Å². The molecule has 0 saturated carbocycles. The highest BCUT2D eigenvalue weighted by Crippen LogP contribution is 2.41. The molecule has 0 saturated heterocycles. The van der Waals surface area contributed by atoms with Gasteiger partial charge in [-0.2, -0.15) is 5.26 Å². The van der Waals surface area contributed by atoms with E-state index in [9.17, 15) is 14.9 Å². The number of dihydropyridines is 1. The van der Waals surface area contributed by atoms with Crippen LogP contribution in [0.1, 0.15) is 35.3 Å². The van der Waals surface area contributed by atoms with Crippen molar-refractivity contribution in [2.24, 2.45) is 0 Å². The van der Waals surface area contributed by atoms with Crippen molar-refractivity contribution in [2.45, 2.75) is 33.6 Å². The number of furan rings is 1. The van der Waals surface area contributed by atoms with Crippen LogP contribution in [0.15, 0.2) is 87.1 Å². The Labute approximate surface area is 220 Å². The van der Waals surface area contributed by atoms with Crippen LogP contribution in [-0.4, -0.2) is 17.6 Å². The molecule has 2 aromatic carbocycles. The summed E-state index contributed by atoms with van der Waals surface area (Å²) in [6, 6.07) is 19.1. The molecule has 1 atom stereocenters. The molecule has 8 heteroatoms. The Kier molecular flexibility index (Phi) is 7.85. The van der Waals surface area contributed by atoms with Gasteiger partial charge in [0, 0.05) is 17.1 Å². The number of thioether (sulfide) groups is 1. The standard InChI is InChI=1S/C29H28N4O3S/c1-17-11-12-19(3)23(14-17)32-25(34)16-37-29-21(15-30)27(24-10-7-13-36-24)26(20(4)31-29)28(35)33-22-9-6-5-8-18(22)2/h5-14,27,31H,16H2,1-4H3,(H,32,34)(H,33,35)/t27-/m1/s1. The number of para-hydroxylation sites is 1. The van der Waals surface area contributed by atoms with Crippen molar-refractivity contribution >= 4 is 35.0 Å². The molecule has 1 aromatic heterocycles. The molecule has 0 unspecified atom stereocenters. The van der Waals surface area contributed by atoms with Gasteiger partial charge in [0.1, 0.15) is 5.76 Å². The zero-order valence-corrected chi connectivity index (χ0v) is 22.0. The average molecular weight is 513 g/mol. The molecule has 2 amide bonds. The minimum Gasteiger partial charge on any atom is -0.468 e. The maximum atomic E-state index is 13.5. The fourth-order valence-electron chi connectivity index (χ4n) is 4.16. The van der Waals surface area contributed by atoms with Crippen molar-refractivity contribution in [1.29, 1.82) is 5.26 Å². The molecular weight excluding hydrogens is 484 g/mol. The summed E-state index contributed by atoms with van der Waals surface area (Å²) in [5.74, 6) is -0.668. The van der Waals surface area contributed by atoms with Gasteiger partial charge in [0.2, 0.25) is 5.91 Å². The zero-order valence-electron chi connectivity index (χ0n) is 21.1. The van der Waals surface area contributed by atoms with Crippen LogP contribution in [0.2, 0.25) is 0 Å². The minimum absolute atomic E-state index is 0.0871. The van der Waals surface area contributed by atoms with E-state index in [1.54, 1.807) is 19.1 Å². The van der Waals surface area contributed by atoms with Gasteiger partial charge in [0.15, 0.2) is 0 Å². The van der Waals surface area contributed by atoms with Crippen LogP contribution in [0.4, 0.5) is 11.4 Å². The van der Waals surface area contributed by atoms with Crippen LogP contribution in [0.25, 0.3) is 0 Å². The van der Waals surface area contributed by atoms with Crippen LogP contribution in [0.5, 0.6) is 0 Å².